The van der Waals surface area contributed by atoms with E-state index >= 15 is 0 Å². The number of aldehydes is 1. The van der Waals surface area contributed by atoms with Crippen molar-refractivity contribution in [3.8, 4) is 0 Å². The average molecular weight is 578 g/mol. The van der Waals surface area contributed by atoms with Crippen molar-refractivity contribution in [3.63, 3.8) is 0 Å². The van der Waals surface area contributed by atoms with Gasteiger partial charge in [-0.25, -0.2) is 8.78 Å². The molecule has 2 fully saturated rings. The van der Waals surface area contributed by atoms with E-state index in [-0.39, 0.29) is 17.6 Å². The van der Waals surface area contributed by atoms with Gasteiger partial charge in [0.05, 0.1) is 0 Å². The maximum absolute atomic E-state index is 13.3. The third-order valence-electron chi connectivity index (χ3n) is 7.34. The molecule has 0 spiro atoms. The molecule has 1 saturated carbocycles. The molecule has 0 radical (unpaired) electrons. The second-order valence-corrected chi connectivity index (χ2v) is 10.7. The van der Waals surface area contributed by atoms with E-state index in [9.17, 15) is 13.6 Å². The minimum Gasteiger partial charge on any atom is -0.388 e. The molecule has 1 saturated heterocycles. The zero-order valence-corrected chi connectivity index (χ0v) is 25.6. The number of benzene rings is 2. The number of halogens is 2. The van der Waals surface area contributed by atoms with Crippen LogP contribution in [0.3, 0.4) is 0 Å². The number of anilines is 1. The normalized spacial score (nSPS) is 15.9. The number of rotatable bonds is 12. The van der Waals surface area contributed by atoms with Gasteiger partial charge < -0.3 is 20.7 Å². The largest absolute Gasteiger partial charge is 0.388 e. The lowest BCUT2D eigenvalue weighted by Gasteiger charge is -2.23. The van der Waals surface area contributed by atoms with Gasteiger partial charge in [-0.05, 0) is 105 Å². The fourth-order valence-corrected chi connectivity index (χ4v) is 4.54. The molecular weight excluding hydrogens is 528 g/mol. The number of hydrogen-bond acceptors (Lipinski definition) is 4. The first-order valence-electron chi connectivity index (χ1n) is 15.1. The highest BCUT2D eigenvalue weighted by Crippen LogP contribution is 2.30. The predicted molar refractivity (Wildman–Crippen MR) is 174 cm³/mol. The number of piperidine rings is 1. The molecule has 4 nitrogen and oxygen atoms in total. The molecule has 4 rings (SSSR count). The quantitative estimate of drug-likeness (QED) is 0.134. The second-order valence-electron chi connectivity index (χ2n) is 10.7. The number of nitrogens with one attached hydrogen (secondary N) is 3. The molecule has 2 aliphatic rings. The zero-order valence-electron chi connectivity index (χ0n) is 25.6. The van der Waals surface area contributed by atoms with Crippen LogP contribution in [0.1, 0.15) is 75.3 Å². The van der Waals surface area contributed by atoms with Gasteiger partial charge in [-0.2, -0.15) is 0 Å². The first kappa shape index (κ1) is 34.7. The van der Waals surface area contributed by atoms with Crippen molar-refractivity contribution in [2.45, 2.75) is 64.2 Å². The van der Waals surface area contributed by atoms with Crippen LogP contribution < -0.4 is 16.0 Å². The van der Waals surface area contributed by atoms with Crippen LogP contribution in [-0.4, -0.2) is 33.0 Å². The second kappa shape index (κ2) is 19.6. The molecular formula is C36H49F2N3O. The summed E-state index contributed by atoms with van der Waals surface area (Å²) in [6.07, 6.45) is 12.4. The van der Waals surface area contributed by atoms with Crippen molar-refractivity contribution in [1.29, 1.82) is 0 Å². The Labute approximate surface area is 252 Å². The van der Waals surface area contributed by atoms with E-state index in [1.807, 2.05) is 7.05 Å². The predicted octanol–water partition coefficient (Wildman–Crippen LogP) is 8.59. The van der Waals surface area contributed by atoms with Crippen LogP contribution in [0, 0.1) is 11.7 Å². The highest BCUT2D eigenvalue weighted by atomic mass is 19.1. The summed E-state index contributed by atoms with van der Waals surface area (Å²) in [6.45, 7) is 15.0. The summed E-state index contributed by atoms with van der Waals surface area (Å²) in [5.74, 6) is 0.361. The van der Waals surface area contributed by atoms with Gasteiger partial charge in [-0.1, -0.05) is 62.9 Å². The molecule has 6 heteroatoms. The molecule has 3 N–H and O–H groups in total. The van der Waals surface area contributed by atoms with Crippen LogP contribution >= 0.6 is 0 Å². The molecule has 1 aliphatic heterocycles. The lowest BCUT2D eigenvalue weighted by Crippen LogP contribution is -2.26. The summed E-state index contributed by atoms with van der Waals surface area (Å²) in [4.78, 5) is 9.57. The highest BCUT2D eigenvalue weighted by molar-refractivity contribution is 5.56. The monoisotopic (exact) mass is 577 g/mol. The summed E-state index contributed by atoms with van der Waals surface area (Å²) >= 11 is 0. The third kappa shape index (κ3) is 13.0. The average Bonchev–Trinajstić information content (AvgIpc) is 3.87. The van der Waals surface area contributed by atoms with Crippen LogP contribution in [0.15, 0.2) is 97.0 Å². The Bertz CT molecular complexity index is 1160. The van der Waals surface area contributed by atoms with E-state index in [0.717, 1.165) is 68.8 Å². The smallest absolute Gasteiger partial charge is 0.123 e. The summed E-state index contributed by atoms with van der Waals surface area (Å²) in [7, 11) is 1.97. The maximum Gasteiger partial charge on any atom is 0.123 e. The van der Waals surface area contributed by atoms with Crippen molar-refractivity contribution < 1.29 is 13.6 Å². The van der Waals surface area contributed by atoms with Crippen molar-refractivity contribution in [1.82, 2.24) is 10.6 Å². The van der Waals surface area contributed by atoms with E-state index in [2.05, 4.69) is 60.3 Å². The van der Waals surface area contributed by atoms with Gasteiger partial charge in [0.25, 0.3) is 0 Å². The molecule has 0 bridgehead atoms. The van der Waals surface area contributed by atoms with E-state index in [0.29, 0.717) is 11.5 Å². The molecule has 1 unspecified atom stereocenters. The zero-order chi connectivity index (χ0) is 30.7. The Morgan fingerprint density at radius 3 is 2.31 bits per heavy atom. The maximum atomic E-state index is 13.3. The molecule has 0 aromatic heterocycles. The number of carbonyl (C=O) groups excluding carboxylic acids is 1. The van der Waals surface area contributed by atoms with Gasteiger partial charge in [-0.3, -0.25) is 0 Å². The molecule has 0 amide bonds. The van der Waals surface area contributed by atoms with E-state index in [4.69, 9.17) is 0 Å². The van der Waals surface area contributed by atoms with Gasteiger partial charge in [0, 0.05) is 36.8 Å². The van der Waals surface area contributed by atoms with Crippen molar-refractivity contribution in [2.24, 2.45) is 5.92 Å². The SMILES string of the molecule is C=C(/C=C\C(F)=C/C)C(C(=C)NCCCC)c1ccc(F)cc1.CNc1cccc(C2CCNCC2)c1.O=CC1CC1. The molecule has 2 aromatic carbocycles. The van der Waals surface area contributed by atoms with E-state index in [1.54, 1.807) is 25.1 Å². The Hall–Kier alpha value is -3.51. The fourth-order valence-electron chi connectivity index (χ4n) is 4.54. The van der Waals surface area contributed by atoms with Crippen LogP contribution in [0.5, 0.6) is 0 Å². The Morgan fingerprint density at radius 2 is 1.76 bits per heavy atom. The summed E-state index contributed by atoms with van der Waals surface area (Å²) < 4.78 is 26.5. The number of hydrogen-bond donors (Lipinski definition) is 3. The molecule has 2 aromatic rings. The molecule has 228 valence electrons. The Kier molecular flexibility index (Phi) is 16.2. The van der Waals surface area contributed by atoms with Gasteiger partial charge in [0.2, 0.25) is 0 Å². The first-order valence-corrected chi connectivity index (χ1v) is 15.1. The minimum absolute atomic E-state index is 0.228. The highest BCUT2D eigenvalue weighted by Gasteiger charge is 2.19. The summed E-state index contributed by atoms with van der Waals surface area (Å²) in [6, 6.07) is 15.0. The molecule has 42 heavy (non-hydrogen) atoms. The van der Waals surface area contributed by atoms with Gasteiger partial charge in [0.1, 0.15) is 17.9 Å². The van der Waals surface area contributed by atoms with Crippen LogP contribution in [0.4, 0.5) is 14.5 Å². The Morgan fingerprint density at radius 1 is 1.07 bits per heavy atom. The molecule has 1 atom stereocenters. The number of allylic oxidation sites excluding steroid dienone is 5. The first-order chi connectivity index (χ1) is 20.3. The molecule has 1 aliphatic carbocycles. The van der Waals surface area contributed by atoms with Crippen molar-refractivity contribution >= 4 is 12.0 Å². The topological polar surface area (TPSA) is 53.2 Å². The van der Waals surface area contributed by atoms with E-state index < -0.39 is 0 Å². The van der Waals surface area contributed by atoms with Gasteiger partial charge >= 0.3 is 0 Å². The number of unbranched alkanes of at least 4 members (excludes halogenated alkanes) is 1. The fraction of sp³-hybridized carbons (Fsp3) is 0.417. The molecule has 1 heterocycles. The van der Waals surface area contributed by atoms with Crippen LogP contribution in [0.2, 0.25) is 0 Å². The van der Waals surface area contributed by atoms with Gasteiger partial charge in [0.15, 0.2) is 0 Å². The standard InChI is InChI=1S/C20H25F2N.C12H18N2.C4H6O/c1-5-7-14-23-16(4)20(15(3)8-11-18(21)6-2)17-9-12-19(22)13-10-17;1-13-12-4-2-3-11(9-12)10-5-7-14-8-6-10;5-3-4-1-2-4/h6,8-13,20,23H,3-5,7,14H2,1-2H3;2-4,9-10,13-14H,5-8H2,1H3;3-4H,1-2H2/b11-8-,18-6+;;. The van der Waals surface area contributed by atoms with Crippen molar-refractivity contribution in [2.75, 3.05) is 32.0 Å². The summed E-state index contributed by atoms with van der Waals surface area (Å²) in [5, 5.41) is 9.88. The minimum atomic E-state index is -0.325. The lowest BCUT2D eigenvalue weighted by atomic mass is 9.89. The van der Waals surface area contributed by atoms with E-state index in [1.165, 1.54) is 48.4 Å². The van der Waals surface area contributed by atoms with Crippen LogP contribution in [0.25, 0.3) is 0 Å². The summed E-state index contributed by atoms with van der Waals surface area (Å²) in [5.41, 5.74) is 5.05. The Balaban J connectivity index is 0.000000270. The van der Waals surface area contributed by atoms with Crippen LogP contribution in [-0.2, 0) is 4.79 Å². The third-order valence-corrected chi connectivity index (χ3v) is 7.34. The lowest BCUT2D eigenvalue weighted by molar-refractivity contribution is -0.108. The number of carbonyl (C=O) groups is 1. The van der Waals surface area contributed by atoms with Gasteiger partial charge in [-0.15, -0.1) is 0 Å². The van der Waals surface area contributed by atoms with Crippen molar-refractivity contribution in [3.05, 3.63) is 114 Å².